The number of benzene rings is 2. The topological polar surface area (TPSA) is 46.4 Å². The molecule has 0 spiro atoms. The lowest BCUT2D eigenvalue weighted by Gasteiger charge is -2.10. The summed E-state index contributed by atoms with van der Waals surface area (Å²) in [5.74, 6) is -0.216. The van der Waals surface area contributed by atoms with Gasteiger partial charge in [0, 0.05) is 23.1 Å². The summed E-state index contributed by atoms with van der Waals surface area (Å²) in [7, 11) is 0. The van der Waals surface area contributed by atoms with E-state index in [0.29, 0.717) is 5.69 Å². The Morgan fingerprint density at radius 3 is 2.48 bits per heavy atom. The van der Waals surface area contributed by atoms with Crippen LogP contribution in [0.1, 0.15) is 16.2 Å². The first kappa shape index (κ1) is 15.1. The minimum absolute atomic E-state index is 0.216. The Morgan fingerprint density at radius 2 is 1.68 bits per heavy atom. The maximum Gasteiger partial charge on any atom is 0.275 e. The van der Waals surface area contributed by atoms with Crippen molar-refractivity contribution in [3.8, 4) is 11.1 Å². The van der Waals surface area contributed by atoms with Crippen LogP contribution in [-0.2, 0) is 0 Å². The molecular formula is C21H17N3O. The Kier molecular flexibility index (Phi) is 3.78. The summed E-state index contributed by atoms with van der Waals surface area (Å²) in [5.41, 5.74) is 5.01. The third-order valence-electron chi connectivity index (χ3n) is 4.19. The fraction of sp³-hybridized carbons (Fsp3) is 0.0476. The Bertz CT molecular complexity index is 1050. The van der Waals surface area contributed by atoms with Crippen molar-refractivity contribution in [3.63, 3.8) is 0 Å². The Morgan fingerprint density at radius 1 is 0.920 bits per heavy atom. The zero-order valence-corrected chi connectivity index (χ0v) is 13.8. The van der Waals surface area contributed by atoms with Gasteiger partial charge in [0.25, 0.3) is 5.91 Å². The minimum atomic E-state index is -0.216. The van der Waals surface area contributed by atoms with Crippen LogP contribution in [0.5, 0.6) is 0 Å². The molecular weight excluding hydrogens is 310 g/mol. The number of aryl methyl sites for hydroxylation is 1. The van der Waals surface area contributed by atoms with E-state index in [9.17, 15) is 4.79 Å². The number of carbonyl (C=O) groups excluding carboxylic acids is 1. The molecule has 4 nitrogen and oxygen atoms in total. The first-order valence-corrected chi connectivity index (χ1v) is 8.13. The fourth-order valence-electron chi connectivity index (χ4n) is 2.91. The molecule has 4 rings (SSSR count). The second kappa shape index (κ2) is 6.24. The molecule has 0 aliphatic carbocycles. The molecule has 2 aromatic heterocycles. The molecule has 4 heteroatoms. The van der Waals surface area contributed by atoms with Crippen LogP contribution in [0, 0.1) is 6.92 Å². The van der Waals surface area contributed by atoms with Gasteiger partial charge in [-0.2, -0.15) is 0 Å². The molecule has 0 atom stereocenters. The Labute approximate surface area is 145 Å². The molecule has 0 unspecified atom stereocenters. The van der Waals surface area contributed by atoms with E-state index < -0.39 is 0 Å². The van der Waals surface area contributed by atoms with Crippen molar-refractivity contribution >= 4 is 17.2 Å². The first-order chi connectivity index (χ1) is 12.2. The number of pyridine rings is 1. The van der Waals surface area contributed by atoms with Gasteiger partial charge in [0.1, 0.15) is 11.3 Å². The minimum Gasteiger partial charge on any atom is -0.320 e. The third-order valence-corrected chi connectivity index (χ3v) is 4.19. The van der Waals surface area contributed by atoms with E-state index in [1.54, 1.807) is 6.20 Å². The van der Waals surface area contributed by atoms with Crippen molar-refractivity contribution in [1.82, 2.24) is 9.38 Å². The average Bonchev–Trinajstić information content (AvgIpc) is 3.09. The number of imidazole rings is 1. The van der Waals surface area contributed by atoms with Crippen LogP contribution in [-0.4, -0.2) is 15.3 Å². The Hall–Kier alpha value is -3.40. The summed E-state index contributed by atoms with van der Waals surface area (Å²) in [6.45, 7) is 1.99. The first-order valence-electron chi connectivity index (χ1n) is 8.13. The number of rotatable bonds is 3. The molecule has 122 valence electrons. The van der Waals surface area contributed by atoms with Gasteiger partial charge in [0.2, 0.25) is 0 Å². The number of nitrogens with zero attached hydrogens (tertiary/aromatic N) is 2. The van der Waals surface area contributed by atoms with Crippen LogP contribution >= 0.6 is 0 Å². The number of aromatic nitrogens is 2. The van der Waals surface area contributed by atoms with Gasteiger partial charge >= 0.3 is 0 Å². The molecule has 0 saturated carbocycles. The van der Waals surface area contributed by atoms with Crippen molar-refractivity contribution in [1.29, 1.82) is 0 Å². The third kappa shape index (κ3) is 2.90. The van der Waals surface area contributed by atoms with Crippen molar-refractivity contribution in [3.05, 3.63) is 90.4 Å². The van der Waals surface area contributed by atoms with E-state index in [4.69, 9.17) is 0 Å². The highest BCUT2D eigenvalue weighted by Gasteiger charge is 2.14. The lowest BCUT2D eigenvalue weighted by atomic mass is 10.0. The number of para-hydroxylation sites is 1. The predicted molar refractivity (Wildman–Crippen MR) is 99.8 cm³/mol. The van der Waals surface area contributed by atoms with Gasteiger partial charge in [-0.1, -0.05) is 54.6 Å². The van der Waals surface area contributed by atoms with Crippen molar-refractivity contribution in [2.45, 2.75) is 6.92 Å². The maximum absolute atomic E-state index is 12.7. The highest BCUT2D eigenvalue weighted by Crippen LogP contribution is 2.27. The van der Waals surface area contributed by atoms with Gasteiger partial charge in [-0.25, -0.2) is 4.98 Å². The van der Waals surface area contributed by atoms with E-state index in [1.807, 2.05) is 84.1 Å². The Balaban J connectivity index is 1.68. The second-order valence-corrected chi connectivity index (χ2v) is 5.89. The van der Waals surface area contributed by atoms with Gasteiger partial charge in [-0.15, -0.1) is 0 Å². The van der Waals surface area contributed by atoms with Crippen LogP contribution in [0.3, 0.4) is 0 Å². The molecule has 0 aliphatic heterocycles. The number of carbonyl (C=O) groups is 1. The van der Waals surface area contributed by atoms with Crippen LogP contribution in [0.4, 0.5) is 5.69 Å². The highest BCUT2D eigenvalue weighted by molar-refractivity contribution is 6.05. The zero-order chi connectivity index (χ0) is 17.2. The quantitative estimate of drug-likeness (QED) is 0.599. The van der Waals surface area contributed by atoms with Crippen LogP contribution < -0.4 is 5.32 Å². The molecule has 0 aliphatic rings. The van der Waals surface area contributed by atoms with Crippen LogP contribution in [0.25, 0.3) is 16.8 Å². The fourth-order valence-corrected chi connectivity index (χ4v) is 2.91. The van der Waals surface area contributed by atoms with E-state index in [2.05, 4.69) is 10.3 Å². The van der Waals surface area contributed by atoms with E-state index in [-0.39, 0.29) is 5.91 Å². The normalized spacial score (nSPS) is 10.8. The smallest absolute Gasteiger partial charge is 0.275 e. The standard InChI is InChI=1S/C21H17N3O/c1-15-8-7-13-20-22-19(14-24(15)20)21(25)23-18-12-6-5-11-17(18)16-9-3-2-4-10-16/h2-14H,1H3,(H,23,25). The molecule has 1 amide bonds. The predicted octanol–water partition coefficient (Wildman–Crippen LogP) is 4.56. The van der Waals surface area contributed by atoms with Gasteiger partial charge in [0.15, 0.2) is 0 Å². The molecule has 0 saturated heterocycles. The van der Waals surface area contributed by atoms with Crippen LogP contribution in [0.15, 0.2) is 79.0 Å². The number of fused-ring (bicyclic) bond motifs is 1. The number of nitrogens with one attached hydrogen (secondary N) is 1. The molecule has 2 heterocycles. The monoisotopic (exact) mass is 327 g/mol. The molecule has 1 N–H and O–H groups in total. The van der Waals surface area contributed by atoms with Crippen molar-refractivity contribution < 1.29 is 4.79 Å². The molecule has 0 fully saturated rings. The number of amides is 1. The zero-order valence-electron chi connectivity index (χ0n) is 13.8. The summed E-state index contributed by atoms with van der Waals surface area (Å²) in [4.78, 5) is 17.1. The highest BCUT2D eigenvalue weighted by atomic mass is 16.1. The number of anilines is 1. The lowest BCUT2D eigenvalue weighted by Crippen LogP contribution is -2.13. The van der Waals surface area contributed by atoms with Gasteiger partial charge in [-0.3, -0.25) is 4.79 Å². The van der Waals surface area contributed by atoms with Gasteiger partial charge < -0.3 is 9.72 Å². The van der Waals surface area contributed by atoms with Crippen molar-refractivity contribution in [2.24, 2.45) is 0 Å². The van der Waals surface area contributed by atoms with E-state index >= 15 is 0 Å². The molecule has 0 bridgehead atoms. The molecule has 25 heavy (non-hydrogen) atoms. The summed E-state index contributed by atoms with van der Waals surface area (Å²) in [6, 6.07) is 23.6. The number of hydrogen-bond acceptors (Lipinski definition) is 2. The molecule has 4 aromatic rings. The summed E-state index contributed by atoms with van der Waals surface area (Å²) < 4.78 is 1.91. The molecule has 2 aromatic carbocycles. The summed E-state index contributed by atoms with van der Waals surface area (Å²) >= 11 is 0. The van der Waals surface area contributed by atoms with Crippen molar-refractivity contribution in [2.75, 3.05) is 5.32 Å². The number of hydrogen-bond donors (Lipinski definition) is 1. The largest absolute Gasteiger partial charge is 0.320 e. The summed E-state index contributed by atoms with van der Waals surface area (Å²) in [6.07, 6.45) is 1.77. The average molecular weight is 327 g/mol. The SMILES string of the molecule is Cc1cccc2nc(C(=O)Nc3ccccc3-c3ccccc3)cn12. The van der Waals surface area contributed by atoms with Crippen LogP contribution in [0.2, 0.25) is 0 Å². The maximum atomic E-state index is 12.7. The van der Waals surface area contributed by atoms with Gasteiger partial charge in [0.05, 0.1) is 0 Å². The van der Waals surface area contributed by atoms with E-state index in [1.165, 1.54) is 0 Å². The second-order valence-electron chi connectivity index (χ2n) is 5.89. The lowest BCUT2D eigenvalue weighted by molar-refractivity contribution is 0.102. The summed E-state index contributed by atoms with van der Waals surface area (Å²) in [5, 5.41) is 2.99. The van der Waals surface area contributed by atoms with Gasteiger partial charge in [-0.05, 0) is 30.7 Å². The molecule has 0 radical (unpaired) electrons. The van der Waals surface area contributed by atoms with E-state index in [0.717, 1.165) is 28.2 Å².